The van der Waals surface area contributed by atoms with E-state index in [-0.39, 0.29) is 11.9 Å². The Morgan fingerprint density at radius 3 is 2.48 bits per heavy atom. The summed E-state index contributed by atoms with van der Waals surface area (Å²) in [6, 6.07) is 11.8. The lowest BCUT2D eigenvalue weighted by atomic mass is 9.95. The molecule has 1 saturated heterocycles. The molecule has 1 amide bonds. The number of benzene rings is 1. The maximum Gasteiger partial charge on any atom is 0.289 e. The van der Waals surface area contributed by atoms with Gasteiger partial charge in [-0.1, -0.05) is 31.4 Å². The summed E-state index contributed by atoms with van der Waals surface area (Å²) < 4.78 is 12.7. The van der Waals surface area contributed by atoms with E-state index >= 15 is 0 Å². The summed E-state index contributed by atoms with van der Waals surface area (Å²) in [5.74, 6) is 2.01. The van der Waals surface area contributed by atoms with E-state index in [0.717, 1.165) is 43.1 Å². The summed E-state index contributed by atoms with van der Waals surface area (Å²) in [5, 5.41) is 13.0. The first-order valence-electron chi connectivity index (χ1n) is 11.7. The molecule has 2 aromatic heterocycles. The lowest BCUT2D eigenvalue weighted by Gasteiger charge is -2.39. The second kappa shape index (κ2) is 9.74. The van der Waals surface area contributed by atoms with Crippen LogP contribution in [0.5, 0.6) is 5.75 Å². The van der Waals surface area contributed by atoms with Gasteiger partial charge in [0.1, 0.15) is 5.75 Å². The molecule has 1 atom stereocenters. The standard InChI is InChI=1S/C24H30N6O3/c1-32-20-11-9-18(10-12-20)22(23-25-26-27-30(23)19-6-3-2-4-7-19)28-13-15-29(16-14-28)24(31)21-8-5-17-33-21/h5,8-12,17,19,22H,2-4,6-7,13-16H2,1H3/t22-/m1/s1. The summed E-state index contributed by atoms with van der Waals surface area (Å²) in [6.07, 6.45) is 7.46. The molecule has 0 N–H and O–H groups in total. The molecule has 9 heteroatoms. The second-order valence-electron chi connectivity index (χ2n) is 8.75. The Labute approximate surface area is 193 Å². The van der Waals surface area contributed by atoms with Crippen LogP contribution in [0.2, 0.25) is 0 Å². The van der Waals surface area contributed by atoms with Crippen LogP contribution in [-0.4, -0.2) is 69.2 Å². The number of rotatable bonds is 6. The Bertz CT molecular complexity index is 1030. The Balaban J connectivity index is 1.41. The number of aromatic nitrogens is 4. The number of ether oxygens (including phenoxy) is 1. The van der Waals surface area contributed by atoms with Gasteiger partial charge in [0.05, 0.1) is 25.5 Å². The third kappa shape index (κ3) is 4.50. The average molecular weight is 451 g/mol. The summed E-state index contributed by atoms with van der Waals surface area (Å²) in [5.41, 5.74) is 1.12. The third-order valence-corrected chi connectivity index (χ3v) is 6.81. The van der Waals surface area contributed by atoms with Crippen LogP contribution in [0.3, 0.4) is 0 Å². The normalized spacial score (nSPS) is 18.9. The fraction of sp³-hybridized carbons (Fsp3) is 0.500. The molecule has 1 aromatic carbocycles. The quantitative estimate of drug-likeness (QED) is 0.569. The van der Waals surface area contributed by atoms with Gasteiger partial charge in [-0.25, -0.2) is 4.68 Å². The van der Waals surface area contributed by atoms with Crippen molar-refractivity contribution in [1.29, 1.82) is 0 Å². The first-order valence-corrected chi connectivity index (χ1v) is 11.7. The van der Waals surface area contributed by atoms with Crippen molar-refractivity contribution in [3.05, 3.63) is 59.8 Å². The van der Waals surface area contributed by atoms with E-state index in [1.165, 1.54) is 25.5 Å². The van der Waals surface area contributed by atoms with E-state index in [0.29, 0.717) is 24.9 Å². The Morgan fingerprint density at radius 2 is 1.82 bits per heavy atom. The topological polar surface area (TPSA) is 89.5 Å². The fourth-order valence-electron chi connectivity index (χ4n) is 5.01. The number of carbonyl (C=O) groups is 1. The van der Waals surface area contributed by atoms with Crippen LogP contribution in [0.15, 0.2) is 47.1 Å². The van der Waals surface area contributed by atoms with Crippen molar-refractivity contribution in [3.63, 3.8) is 0 Å². The van der Waals surface area contributed by atoms with Crippen LogP contribution in [-0.2, 0) is 0 Å². The minimum absolute atomic E-state index is 0.0623. The molecule has 9 nitrogen and oxygen atoms in total. The Morgan fingerprint density at radius 1 is 1.06 bits per heavy atom. The predicted molar refractivity (Wildman–Crippen MR) is 121 cm³/mol. The molecule has 3 aromatic rings. The maximum absolute atomic E-state index is 12.7. The molecular formula is C24H30N6O3. The highest BCUT2D eigenvalue weighted by atomic mass is 16.5. The van der Waals surface area contributed by atoms with E-state index in [1.54, 1.807) is 19.2 Å². The molecule has 0 spiro atoms. The van der Waals surface area contributed by atoms with Crippen molar-refractivity contribution in [3.8, 4) is 5.75 Å². The third-order valence-electron chi connectivity index (χ3n) is 6.81. The number of amides is 1. The van der Waals surface area contributed by atoms with Crippen LogP contribution in [0, 0.1) is 0 Å². The average Bonchev–Trinajstić information content (AvgIpc) is 3.58. The largest absolute Gasteiger partial charge is 0.497 e. The first-order chi connectivity index (χ1) is 16.2. The summed E-state index contributed by atoms with van der Waals surface area (Å²) in [6.45, 7) is 2.69. The molecule has 0 bridgehead atoms. The molecular weight excluding hydrogens is 420 g/mol. The number of methoxy groups -OCH3 is 1. The molecule has 0 unspecified atom stereocenters. The van der Waals surface area contributed by atoms with Gasteiger partial charge in [-0.15, -0.1) is 5.10 Å². The molecule has 2 fully saturated rings. The number of nitrogens with zero attached hydrogens (tertiary/aromatic N) is 6. The van der Waals surface area contributed by atoms with Gasteiger partial charge < -0.3 is 14.1 Å². The van der Waals surface area contributed by atoms with E-state index < -0.39 is 0 Å². The molecule has 1 aliphatic carbocycles. The van der Waals surface area contributed by atoms with Gasteiger partial charge in [-0.05, 0) is 53.1 Å². The second-order valence-corrected chi connectivity index (χ2v) is 8.75. The Hall–Kier alpha value is -3.20. The Kier molecular flexibility index (Phi) is 6.39. The number of tetrazole rings is 1. The van der Waals surface area contributed by atoms with E-state index in [1.807, 2.05) is 17.0 Å². The van der Waals surface area contributed by atoms with Crippen molar-refractivity contribution in [2.45, 2.75) is 44.2 Å². The first kappa shape index (κ1) is 21.6. The van der Waals surface area contributed by atoms with Crippen molar-refractivity contribution in [2.75, 3.05) is 33.3 Å². The summed E-state index contributed by atoms with van der Waals surface area (Å²) in [4.78, 5) is 17.0. The number of hydrogen-bond donors (Lipinski definition) is 0. The van der Waals surface area contributed by atoms with Crippen molar-refractivity contribution < 1.29 is 13.9 Å². The van der Waals surface area contributed by atoms with Gasteiger partial charge in [0.2, 0.25) is 0 Å². The van der Waals surface area contributed by atoms with Gasteiger partial charge in [0.15, 0.2) is 11.6 Å². The molecule has 174 valence electrons. The highest BCUT2D eigenvalue weighted by Gasteiger charge is 2.34. The maximum atomic E-state index is 12.7. The monoisotopic (exact) mass is 450 g/mol. The molecule has 1 saturated carbocycles. The minimum atomic E-state index is -0.0892. The zero-order chi connectivity index (χ0) is 22.6. The van der Waals surface area contributed by atoms with Crippen LogP contribution < -0.4 is 4.74 Å². The zero-order valence-electron chi connectivity index (χ0n) is 19.0. The molecule has 0 radical (unpaired) electrons. The fourth-order valence-corrected chi connectivity index (χ4v) is 5.01. The molecule has 33 heavy (non-hydrogen) atoms. The van der Waals surface area contributed by atoms with E-state index in [9.17, 15) is 4.79 Å². The van der Waals surface area contributed by atoms with Gasteiger partial charge >= 0.3 is 0 Å². The molecule has 3 heterocycles. The number of carbonyl (C=O) groups excluding carboxylic acids is 1. The SMILES string of the molecule is COc1ccc([C@H](c2nnnn2C2CCCCC2)N2CCN(C(=O)c3ccco3)CC2)cc1. The van der Waals surface area contributed by atoms with E-state index in [4.69, 9.17) is 9.15 Å². The lowest BCUT2D eigenvalue weighted by Crippen LogP contribution is -2.50. The summed E-state index contributed by atoms with van der Waals surface area (Å²) >= 11 is 0. The highest BCUT2D eigenvalue weighted by Crippen LogP contribution is 2.34. The van der Waals surface area contributed by atoms with Gasteiger partial charge in [0.25, 0.3) is 5.91 Å². The van der Waals surface area contributed by atoms with Crippen molar-refractivity contribution >= 4 is 5.91 Å². The van der Waals surface area contributed by atoms with Crippen LogP contribution in [0.25, 0.3) is 0 Å². The van der Waals surface area contributed by atoms with Crippen LogP contribution in [0.1, 0.15) is 66.1 Å². The number of furan rings is 1. The molecule has 5 rings (SSSR count). The van der Waals surface area contributed by atoms with Crippen molar-refractivity contribution in [1.82, 2.24) is 30.0 Å². The number of hydrogen-bond acceptors (Lipinski definition) is 7. The predicted octanol–water partition coefficient (Wildman–Crippen LogP) is 3.33. The smallest absolute Gasteiger partial charge is 0.289 e. The summed E-state index contributed by atoms with van der Waals surface area (Å²) in [7, 11) is 1.67. The van der Waals surface area contributed by atoms with Crippen LogP contribution >= 0.6 is 0 Å². The zero-order valence-corrected chi connectivity index (χ0v) is 19.0. The van der Waals surface area contributed by atoms with Gasteiger partial charge in [-0.3, -0.25) is 9.69 Å². The molecule has 1 aliphatic heterocycles. The number of piperazine rings is 1. The lowest BCUT2D eigenvalue weighted by molar-refractivity contribution is 0.0557. The van der Waals surface area contributed by atoms with Crippen LogP contribution in [0.4, 0.5) is 0 Å². The van der Waals surface area contributed by atoms with Crippen molar-refractivity contribution in [2.24, 2.45) is 0 Å². The van der Waals surface area contributed by atoms with Gasteiger partial charge in [0, 0.05) is 26.2 Å². The highest BCUT2D eigenvalue weighted by molar-refractivity contribution is 5.91. The van der Waals surface area contributed by atoms with E-state index in [2.05, 4.69) is 37.2 Å². The minimum Gasteiger partial charge on any atom is -0.497 e. The van der Waals surface area contributed by atoms with Gasteiger partial charge in [-0.2, -0.15) is 0 Å². The molecule has 2 aliphatic rings.